The summed E-state index contributed by atoms with van der Waals surface area (Å²) in [5.41, 5.74) is -0.355. The van der Waals surface area contributed by atoms with E-state index in [0.717, 1.165) is 25.2 Å². The van der Waals surface area contributed by atoms with Crippen molar-refractivity contribution in [1.29, 1.82) is 0 Å². The zero-order chi connectivity index (χ0) is 9.47. The summed E-state index contributed by atoms with van der Waals surface area (Å²) in [6, 6.07) is 0. The first-order valence-electron chi connectivity index (χ1n) is 5.31. The minimum absolute atomic E-state index is 0.353. The van der Waals surface area contributed by atoms with Gasteiger partial charge in [-0.05, 0) is 31.1 Å². The third-order valence-corrected chi connectivity index (χ3v) is 3.84. The van der Waals surface area contributed by atoms with Gasteiger partial charge in [0.25, 0.3) is 0 Å². The van der Waals surface area contributed by atoms with E-state index in [2.05, 4.69) is 13.8 Å². The number of rotatable bonds is 0. The molecule has 74 valence electrons. The Bertz CT molecular complexity index is 224. The van der Waals surface area contributed by atoms with Crippen LogP contribution in [0.4, 0.5) is 0 Å². The zero-order valence-electron chi connectivity index (χ0n) is 8.51. The van der Waals surface area contributed by atoms with Crippen LogP contribution in [0.15, 0.2) is 0 Å². The minimum Gasteiger partial charge on any atom is -0.367 e. The van der Waals surface area contributed by atoms with Gasteiger partial charge in [0.1, 0.15) is 5.60 Å². The van der Waals surface area contributed by atoms with Crippen molar-refractivity contribution in [2.24, 2.45) is 11.8 Å². The standard InChI is InChI=1S/C11H18O2/c1-8-3-5-11(7-9(8)2)10(12)4-6-13-11/h8-9H,3-7H2,1-2H3. The van der Waals surface area contributed by atoms with Crippen molar-refractivity contribution in [1.82, 2.24) is 0 Å². The van der Waals surface area contributed by atoms with Crippen molar-refractivity contribution >= 4 is 5.78 Å². The fourth-order valence-corrected chi connectivity index (χ4v) is 2.60. The maximum absolute atomic E-state index is 11.7. The Kier molecular flexibility index (Phi) is 2.18. The van der Waals surface area contributed by atoms with E-state index in [1.54, 1.807) is 0 Å². The SMILES string of the molecule is CC1CCC2(CC1C)OCCC2=O. The highest BCUT2D eigenvalue weighted by Gasteiger charge is 2.47. The summed E-state index contributed by atoms with van der Waals surface area (Å²) in [5.74, 6) is 1.74. The smallest absolute Gasteiger partial charge is 0.166 e. The number of ketones is 1. The Balaban J connectivity index is 2.12. The Morgan fingerprint density at radius 1 is 1.38 bits per heavy atom. The van der Waals surface area contributed by atoms with Crippen molar-refractivity contribution in [3.05, 3.63) is 0 Å². The van der Waals surface area contributed by atoms with Crippen LogP contribution in [0.3, 0.4) is 0 Å². The van der Waals surface area contributed by atoms with E-state index in [9.17, 15) is 4.79 Å². The van der Waals surface area contributed by atoms with Crippen molar-refractivity contribution in [2.75, 3.05) is 6.61 Å². The Hall–Kier alpha value is -0.370. The first kappa shape index (κ1) is 9.20. The van der Waals surface area contributed by atoms with Gasteiger partial charge in [-0.2, -0.15) is 0 Å². The zero-order valence-corrected chi connectivity index (χ0v) is 8.51. The molecule has 0 radical (unpaired) electrons. The van der Waals surface area contributed by atoms with Gasteiger partial charge in [0.05, 0.1) is 6.61 Å². The van der Waals surface area contributed by atoms with Gasteiger partial charge in [0.2, 0.25) is 0 Å². The summed E-state index contributed by atoms with van der Waals surface area (Å²) >= 11 is 0. The molecule has 3 atom stereocenters. The number of Topliss-reactive ketones (excluding diaryl/α,β-unsaturated/α-hetero) is 1. The molecule has 1 aliphatic heterocycles. The largest absolute Gasteiger partial charge is 0.367 e. The number of hydrogen-bond acceptors (Lipinski definition) is 2. The van der Waals surface area contributed by atoms with Crippen LogP contribution in [0, 0.1) is 11.8 Å². The van der Waals surface area contributed by atoms with Gasteiger partial charge >= 0.3 is 0 Å². The van der Waals surface area contributed by atoms with Gasteiger partial charge in [-0.25, -0.2) is 0 Å². The number of hydrogen-bond donors (Lipinski definition) is 0. The fraction of sp³-hybridized carbons (Fsp3) is 0.909. The molecule has 2 aliphatic rings. The molecule has 0 aromatic heterocycles. The fourth-order valence-electron chi connectivity index (χ4n) is 2.60. The van der Waals surface area contributed by atoms with Crippen molar-refractivity contribution in [3.8, 4) is 0 Å². The van der Waals surface area contributed by atoms with Crippen molar-refractivity contribution < 1.29 is 9.53 Å². The molecule has 2 nitrogen and oxygen atoms in total. The molecule has 1 heterocycles. The van der Waals surface area contributed by atoms with Crippen LogP contribution in [0.25, 0.3) is 0 Å². The second-order valence-electron chi connectivity index (χ2n) is 4.71. The van der Waals surface area contributed by atoms with E-state index < -0.39 is 0 Å². The first-order valence-corrected chi connectivity index (χ1v) is 5.31. The maximum Gasteiger partial charge on any atom is 0.166 e. The molecule has 13 heavy (non-hydrogen) atoms. The lowest BCUT2D eigenvalue weighted by Gasteiger charge is -2.38. The van der Waals surface area contributed by atoms with E-state index in [0.29, 0.717) is 24.7 Å². The van der Waals surface area contributed by atoms with Crippen molar-refractivity contribution in [3.63, 3.8) is 0 Å². The molecule has 0 bridgehead atoms. The highest BCUT2D eigenvalue weighted by molar-refractivity contribution is 5.89. The number of carbonyl (C=O) groups is 1. The van der Waals surface area contributed by atoms with E-state index in [4.69, 9.17) is 4.74 Å². The summed E-state index contributed by atoms with van der Waals surface area (Å²) in [4.78, 5) is 11.7. The summed E-state index contributed by atoms with van der Waals surface area (Å²) < 4.78 is 5.66. The van der Waals surface area contributed by atoms with Gasteiger partial charge in [0, 0.05) is 6.42 Å². The average molecular weight is 182 g/mol. The van der Waals surface area contributed by atoms with Gasteiger partial charge in [-0.15, -0.1) is 0 Å². The predicted molar refractivity (Wildman–Crippen MR) is 50.5 cm³/mol. The Morgan fingerprint density at radius 3 is 2.69 bits per heavy atom. The van der Waals surface area contributed by atoms with Gasteiger partial charge in [-0.1, -0.05) is 13.8 Å². The molecular formula is C11H18O2. The number of carbonyl (C=O) groups excluding carboxylic acids is 1. The number of ether oxygens (including phenoxy) is 1. The van der Waals surface area contributed by atoms with Crippen molar-refractivity contribution in [2.45, 2.75) is 45.1 Å². The summed E-state index contributed by atoms with van der Waals surface area (Å²) in [6.45, 7) is 5.16. The van der Waals surface area contributed by atoms with Crippen LogP contribution in [-0.4, -0.2) is 18.0 Å². The lowest BCUT2D eigenvalue weighted by molar-refractivity contribution is -0.137. The molecule has 2 fully saturated rings. The summed E-state index contributed by atoms with van der Waals surface area (Å²) in [7, 11) is 0. The van der Waals surface area contributed by atoms with Crippen LogP contribution < -0.4 is 0 Å². The second-order valence-corrected chi connectivity index (χ2v) is 4.71. The molecule has 0 amide bonds. The quantitative estimate of drug-likeness (QED) is 0.574. The molecule has 2 heteroatoms. The average Bonchev–Trinajstić information content (AvgIpc) is 2.42. The van der Waals surface area contributed by atoms with Crippen LogP contribution >= 0.6 is 0 Å². The van der Waals surface area contributed by atoms with Crippen LogP contribution in [0.1, 0.15) is 39.5 Å². The molecule has 0 N–H and O–H groups in total. The highest BCUT2D eigenvalue weighted by atomic mass is 16.5. The molecule has 3 unspecified atom stereocenters. The molecule has 1 saturated heterocycles. The van der Waals surface area contributed by atoms with Crippen LogP contribution in [-0.2, 0) is 9.53 Å². The topological polar surface area (TPSA) is 26.3 Å². The molecule has 0 aromatic rings. The Morgan fingerprint density at radius 2 is 2.15 bits per heavy atom. The molecule has 0 aromatic carbocycles. The van der Waals surface area contributed by atoms with E-state index in [-0.39, 0.29) is 5.60 Å². The summed E-state index contributed by atoms with van der Waals surface area (Å²) in [6.07, 6.45) is 3.69. The lowest BCUT2D eigenvalue weighted by atomic mass is 9.72. The predicted octanol–water partition coefficient (Wildman–Crippen LogP) is 2.17. The van der Waals surface area contributed by atoms with Crippen LogP contribution in [0.2, 0.25) is 0 Å². The maximum atomic E-state index is 11.7. The Labute approximate surface area is 79.7 Å². The minimum atomic E-state index is -0.355. The lowest BCUT2D eigenvalue weighted by Crippen LogP contribution is -2.42. The van der Waals surface area contributed by atoms with E-state index in [1.807, 2.05) is 0 Å². The normalized spacial score (nSPS) is 45.8. The van der Waals surface area contributed by atoms with E-state index >= 15 is 0 Å². The third-order valence-electron chi connectivity index (χ3n) is 3.84. The van der Waals surface area contributed by atoms with Gasteiger partial charge < -0.3 is 4.74 Å². The molecule has 2 rings (SSSR count). The third kappa shape index (κ3) is 1.41. The summed E-state index contributed by atoms with van der Waals surface area (Å²) in [5, 5.41) is 0. The molecular weight excluding hydrogens is 164 g/mol. The first-order chi connectivity index (χ1) is 6.14. The molecule has 1 aliphatic carbocycles. The van der Waals surface area contributed by atoms with Gasteiger partial charge in [0.15, 0.2) is 5.78 Å². The monoisotopic (exact) mass is 182 g/mol. The molecule has 1 saturated carbocycles. The molecule has 1 spiro atoms. The van der Waals surface area contributed by atoms with Crippen LogP contribution in [0.5, 0.6) is 0 Å². The van der Waals surface area contributed by atoms with E-state index in [1.165, 1.54) is 0 Å². The van der Waals surface area contributed by atoms with Gasteiger partial charge in [-0.3, -0.25) is 4.79 Å². The highest BCUT2D eigenvalue weighted by Crippen LogP contribution is 2.42. The second kappa shape index (κ2) is 3.09.